The third kappa shape index (κ3) is 5.90. The first-order valence-electron chi connectivity index (χ1n) is 8.36. The molecule has 0 bridgehead atoms. The molecule has 2 aromatic carbocycles. The van der Waals surface area contributed by atoms with Gasteiger partial charge in [0.15, 0.2) is 0 Å². The largest absolute Gasteiger partial charge is 0.658 e. The third-order valence-corrected chi connectivity index (χ3v) is 4.45. The zero-order valence-corrected chi connectivity index (χ0v) is 14.5. The van der Waals surface area contributed by atoms with Crippen molar-refractivity contribution in [3.63, 3.8) is 0 Å². The van der Waals surface area contributed by atoms with Gasteiger partial charge in [0, 0.05) is 0 Å². The number of benzene rings is 2. The number of para-hydroxylation sites is 2. The van der Waals surface area contributed by atoms with Crippen molar-refractivity contribution in [3.8, 4) is 0 Å². The van der Waals surface area contributed by atoms with E-state index in [-0.39, 0.29) is 0 Å². The minimum absolute atomic E-state index is 0.994. The number of rotatable bonds is 6. The van der Waals surface area contributed by atoms with Crippen molar-refractivity contribution in [1.82, 2.24) is 0 Å². The van der Waals surface area contributed by atoms with E-state index in [1.165, 1.54) is 30.7 Å². The molecule has 0 radical (unpaired) electrons. The van der Waals surface area contributed by atoms with E-state index in [1.54, 1.807) is 0 Å². The van der Waals surface area contributed by atoms with Gasteiger partial charge in [-0.05, 0) is 27.7 Å². The highest BCUT2D eigenvalue weighted by Crippen LogP contribution is 2.28. The van der Waals surface area contributed by atoms with Gasteiger partial charge >= 0.3 is 0 Å². The summed E-state index contributed by atoms with van der Waals surface area (Å²) in [6, 6.07) is 19.9. The molecule has 0 amide bonds. The highest BCUT2D eigenvalue weighted by molar-refractivity contribution is 5.65. The maximum atomic E-state index is 4.44. The fraction of sp³-hybridized carbons (Fsp3) is 0.400. The van der Waals surface area contributed by atoms with Crippen molar-refractivity contribution >= 4 is 11.4 Å². The van der Waals surface area contributed by atoms with Gasteiger partial charge < -0.3 is 9.80 Å². The lowest BCUT2D eigenvalue weighted by Gasteiger charge is -2.34. The maximum absolute atomic E-state index is 4.44. The van der Waals surface area contributed by atoms with Gasteiger partial charge in [0.25, 0.3) is 0 Å². The molecular weight excluding hydrogens is 268 g/mol. The van der Waals surface area contributed by atoms with Crippen molar-refractivity contribution in [3.05, 3.63) is 66.0 Å². The van der Waals surface area contributed by atoms with Crippen LogP contribution in [0.15, 0.2) is 60.7 Å². The predicted molar refractivity (Wildman–Crippen MR) is 98.0 cm³/mol. The Bertz CT molecular complexity index is 435. The molecule has 0 spiro atoms. The average Bonchev–Trinajstić information content (AvgIpc) is 2.60. The fourth-order valence-corrected chi connectivity index (χ4v) is 2.50. The second-order valence-corrected chi connectivity index (χ2v) is 5.39. The topological polar surface area (TPSA) is 14.1 Å². The van der Waals surface area contributed by atoms with Crippen LogP contribution in [0.4, 0.5) is 11.4 Å². The van der Waals surface area contributed by atoms with Crippen LogP contribution in [-0.2, 0) is 0 Å². The van der Waals surface area contributed by atoms with E-state index in [9.17, 15) is 0 Å². The second kappa shape index (κ2) is 10.0. The summed E-state index contributed by atoms with van der Waals surface area (Å²) in [6.45, 7) is 14.2. The molecule has 2 rings (SSSR count). The summed E-state index contributed by atoms with van der Waals surface area (Å²) in [5.41, 5.74) is 1.99. The standard InChI is InChI=1S/C12H10N.C8H20N/c1-3-7-11(8-4-1)13-12-9-5-2-6-10-12;1-5-9(6-2,7-3)8-4/h1-10H;5-8H2,1-4H3/q-1;+1. The zero-order chi connectivity index (χ0) is 16.3. The van der Waals surface area contributed by atoms with E-state index >= 15 is 0 Å². The lowest BCUT2D eigenvalue weighted by atomic mass is 10.3. The monoisotopic (exact) mass is 298 g/mol. The highest BCUT2D eigenvalue weighted by atomic mass is 15.3. The molecule has 2 aromatic rings. The van der Waals surface area contributed by atoms with Gasteiger partial charge in [-0.15, -0.1) is 11.4 Å². The molecule has 0 atom stereocenters. The van der Waals surface area contributed by atoms with Crippen LogP contribution in [0.2, 0.25) is 0 Å². The van der Waals surface area contributed by atoms with E-state index < -0.39 is 0 Å². The SMILES string of the molecule is CC[N+](CC)(CC)CC.c1ccc([N-]c2ccccc2)cc1. The highest BCUT2D eigenvalue weighted by Gasteiger charge is 2.16. The van der Waals surface area contributed by atoms with E-state index in [0.29, 0.717) is 0 Å². The van der Waals surface area contributed by atoms with Crippen LogP contribution < -0.4 is 0 Å². The molecule has 120 valence electrons. The van der Waals surface area contributed by atoms with Crippen LogP contribution >= 0.6 is 0 Å². The summed E-state index contributed by atoms with van der Waals surface area (Å²) in [5, 5.41) is 4.44. The number of nitrogens with zero attached hydrogens (tertiary/aromatic N) is 2. The summed E-state index contributed by atoms with van der Waals surface area (Å²) in [6.07, 6.45) is 0. The lowest BCUT2D eigenvalue weighted by molar-refractivity contribution is -0.921. The predicted octanol–water partition coefficient (Wildman–Crippen LogP) is 5.91. The van der Waals surface area contributed by atoms with Crippen LogP contribution in [0.5, 0.6) is 0 Å². The Kier molecular flexibility index (Phi) is 8.31. The molecule has 2 heteroatoms. The summed E-state index contributed by atoms with van der Waals surface area (Å²) in [7, 11) is 0. The molecule has 0 saturated heterocycles. The molecular formula is C20H30N2. The Hall–Kier alpha value is -1.80. The summed E-state index contributed by atoms with van der Waals surface area (Å²) >= 11 is 0. The molecule has 22 heavy (non-hydrogen) atoms. The maximum Gasteiger partial charge on any atom is 0.0757 e. The lowest BCUT2D eigenvalue weighted by Crippen LogP contribution is -2.47. The van der Waals surface area contributed by atoms with Crippen molar-refractivity contribution < 1.29 is 4.48 Å². The van der Waals surface area contributed by atoms with Crippen molar-refractivity contribution in [2.24, 2.45) is 0 Å². The van der Waals surface area contributed by atoms with Crippen LogP contribution in [0.25, 0.3) is 5.32 Å². The first-order valence-corrected chi connectivity index (χ1v) is 8.36. The molecule has 0 aliphatic carbocycles. The van der Waals surface area contributed by atoms with E-state index in [1.807, 2.05) is 60.7 Å². The fourth-order valence-electron chi connectivity index (χ4n) is 2.50. The molecule has 0 aromatic heterocycles. The molecule has 0 aliphatic heterocycles. The van der Waals surface area contributed by atoms with E-state index in [0.717, 1.165) is 11.4 Å². The summed E-state index contributed by atoms with van der Waals surface area (Å²) < 4.78 is 1.28. The van der Waals surface area contributed by atoms with E-state index in [2.05, 4.69) is 33.0 Å². The van der Waals surface area contributed by atoms with Gasteiger partial charge in [-0.3, -0.25) is 0 Å². The van der Waals surface area contributed by atoms with Crippen molar-refractivity contribution in [2.75, 3.05) is 26.2 Å². The molecule has 0 N–H and O–H groups in total. The molecule has 2 nitrogen and oxygen atoms in total. The Balaban J connectivity index is 0.000000239. The van der Waals surface area contributed by atoms with Crippen LogP contribution in [0.3, 0.4) is 0 Å². The third-order valence-electron chi connectivity index (χ3n) is 4.45. The quantitative estimate of drug-likeness (QED) is 0.589. The minimum atomic E-state index is 0.994. The smallest absolute Gasteiger partial charge is 0.0757 e. The molecule has 0 unspecified atom stereocenters. The number of hydrogen-bond donors (Lipinski definition) is 0. The van der Waals surface area contributed by atoms with Gasteiger partial charge in [0.05, 0.1) is 26.2 Å². The van der Waals surface area contributed by atoms with E-state index in [4.69, 9.17) is 0 Å². The average molecular weight is 298 g/mol. The first kappa shape index (κ1) is 18.2. The summed E-state index contributed by atoms with van der Waals surface area (Å²) in [5.74, 6) is 0. The van der Waals surface area contributed by atoms with Gasteiger partial charge in [-0.1, -0.05) is 60.7 Å². The number of quaternary nitrogens is 1. The minimum Gasteiger partial charge on any atom is -0.658 e. The Morgan fingerprint density at radius 1 is 0.591 bits per heavy atom. The van der Waals surface area contributed by atoms with Crippen molar-refractivity contribution in [1.29, 1.82) is 0 Å². The van der Waals surface area contributed by atoms with Gasteiger partial charge in [-0.25, -0.2) is 0 Å². The second-order valence-electron chi connectivity index (χ2n) is 5.39. The molecule has 0 fully saturated rings. The van der Waals surface area contributed by atoms with Gasteiger partial charge in [0.2, 0.25) is 0 Å². The van der Waals surface area contributed by atoms with Crippen LogP contribution in [0, 0.1) is 0 Å². The number of hydrogen-bond acceptors (Lipinski definition) is 0. The molecule has 0 saturated carbocycles. The van der Waals surface area contributed by atoms with Crippen molar-refractivity contribution in [2.45, 2.75) is 27.7 Å². The Labute approximate surface area is 136 Å². The van der Waals surface area contributed by atoms with Crippen LogP contribution in [0.1, 0.15) is 27.7 Å². The molecule has 0 heterocycles. The van der Waals surface area contributed by atoms with Gasteiger partial charge in [0.1, 0.15) is 0 Å². The zero-order valence-electron chi connectivity index (χ0n) is 14.5. The summed E-state index contributed by atoms with van der Waals surface area (Å²) in [4.78, 5) is 0. The van der Waals surface area contributed by atoms with Crippen LogP contribution in [-0.4, -0.2) is 30.7 Å². The molecule has 0 aliphatic rings. The normalized spacial score (nSPS) is 10.5. The first-order chi connectivity index (χ1) is 10.7. The Morgan fingerprint density at radius 3 is 1.14 bits per heavy atom. The Morgan fingerprint density at radius 2 is 0.909 bits per heavy atom. The van der Waals surface area contributed by atoms with Gasteiger partial charge in [-0.2, -0.15) is 0 Å².